The maximum atomic E-state index is 6.13. The smallest absolute Gasteiger partial charge is 0.400 e. The number of thiol groups is 1. The lowest BCUT2D eigenvalue weighted by Gasteiger charge is -2.32. The van der Waals surface area contributed by atoms with Gasteiger partial charge in [0.05, 0.1) is 11.2 Å². The average molecular weight is 318 g/mol. The molecule has 0 amide bonds. The molecule has 0 aromatic heterocycles. The Balaban J connectivity index is 2.27. The fourth-order valence-corrected chi connectivity index (χ4v) is 2.64. The molecule has 0 unspecified atom stereocenters. The van der Waals surface area contributed by atoms with E-state index in [4.69, 9.17) is 9.31 Å². The predicted molar refractivity (Wildman–Crippen MR) is 98.4 cm³/mol. The Labute approximate surface area is 140 Å². The third-order valence-electron chi connectivity index (χ3n) is 4.67. The van der Waals surface area contributed by atoms with Gasteiger partial charge in [-0.05, 0) is 50.2 Å². The van der Waals surface area contributed by atoms with Crippen LogP contribution in [-0.2, 0) is 9.31 Å². The van der Waals surface area contributed by atoms with Crippen molar-refractivity contribution in [2.45, 2.75) is 58.7 Å². The number of hydrogen-bond donors (Lipinski definition) is 1. The molecular formula is C18H27BO2S. The van der Waals surface area contributed by atoms with Crippen LogP contribution in [0.1, 0.15) is 58.6 Å². The van der Waals surface area contributed by atoms with Crippen LogP contribution in [0, 0.1) is 0 Å². The summed E-state index contributed by atoms with van der Waals surface area (Å²) < 4.78 is 12.3. The summed E-state index contributed by atoms with van der Waals surface area (Å²) in [7, 11) is -0.329. The van der Waals surface area contributed by atoms with E-state index in [1.54, 1.807) is 0 Å². The van der Waals surface area contributed by atoms with Crippen LogP contribution >= 0.6 is 12.6 Å². The van der Waals surface area contributed by atoms with Crippen molar-refractivity contribution in [3.8, 4) is 0 Å². The highest BCUT2D eigenvalue weighted by molar-refractivity contribution is 7.80. The van der Waals surface area contributed by atoms with Gasteiger partial charge in [-0.15, -0.1) is 0 Å². The average Bonchev–Trinajstić information content (AvgIpc) is 2.65. The van der Waals surface area contributed by atoms with Crippen LogP contribution in [0.4, 0.5) is 0 Å². The van der Waals surface area contributed by atoms with E-state index in [0.29, 0.717) is 11.7 Å². The van der Waals surface area contributed by atoms with Gasteiger partial charge in [0.2, 0.25) is 0 Å². The third kappa shape index (κ3) is 3.61. The molecule has 120 valence electrons. The Bertz CT molecular complexity index is 548. The lowest BCUT2D eigenvalue weighted by atomic mass is 9.78. The first kappa shape index (κ1) is 17.6. The van der Waals surface area contributed by atoms with E-state index in [1.165, 1.54) is 11.1 Å². The minimum absolute atomic E-state index is 0.320. The topological polar surface area (TPSA) is 18.5 Å². The van der Waals surface area contributed by atoms with Gasteiger partial charge in [0.1, 0.15) is 0 Å². The van der Waals surface area contributed by atoms with Gasteiger partial charge in [-0.25, -0.2) is 0 Å². The van der Waals surface area contributed by atoms with Crippen LogP contribution < -0.4 is 0 Å². The van der Waals surface area contributed by atoms with E-state index in [9.17, 15) is 0 Å². The zero-order valence-electron chi connectivity index (χ0n) is 14.5. The van der Waals surface area contributed by atoms with Gasteiger partial charge in [-0.2, -0.15) is 12.6 Å². The van der Waals surface area contributed by atoms with Crippen molar-refractivity contribution >= 4 is 25.8 Å². The van der Waals surface area contributed by atoms with Crippen molar-refractivity contribution in [1.29, 1.82) is 0 Å². The molecule has 1 saturated heterocycles. The van der Waals surface area contributed by atoms with Gasteiger partial charge < -0.3 is 9.31 Å². The summed E-state index contributed by atoms with van der Waals surface area (Å²) in [6.45, 7) is 12.7. The molecule has 4 heteroatoms. The number of hydrogen-bond acceptors (Lipinski definition) is 3. The van der Waals surface area contributed by atoms with E-state index in [-0.39, 0.29) is 18.3 Å². The fourth-order valence-electron chi connectivity index (χ4n) is 2.40. The summed E-state index contributed by atoms with van der Waals surface area (Å²) in [6.07, 6.45) is 2.14. The molecule has 0 bridgehead atoms. The second-order valence-electron chi connectivity index (χ2n) is 7.29. The Kier molecular flexibility index (Phi) is 5.15. The van der Waals surface area contributed by atoms with Gasteiger partial charge in [-0.1, -0.05) is 44.2 Å². The zero-order valence-corrected chi connectivity index (χ0v) is 15.4. The summed E-state index contributed by atoms with van der Waals surface area (Å²) in [5.74, 6) is 1.13. The van der Waals surface area contributed by atoms with E-state index < -0.39 is 0 Å². The van der Waals surface area contributed by atoms with Crippen molar-refractivity contribution < 1.29 is 9.31 Å². The van der Waals surface area contributed by atoms with Crippen LogP contribution in [0.25, 0.3) is 6.08 Å². The maximum Gasteiger partial charge on any atom is 0.491 e. The lowest BCUT2D eigenvalue weighted by molar-refractivity contribution is 0.00578. The first-order valence-electron chi connectivity index (χ1n) is 7.93. The van der Waals surface area contributed by atoms with Crippen molar-refractivity contribution in [2.24, 2.45) is 0 Å². The van der Waals surface area contributed by atoms with Crippen molar-refractivity contribution in [3.05, 3.63) is 40.9 Å². The van der Waals surface area contributed by atoms with Gasteiger partial charge in [-0.3, -0.25) is 0 Å². The molecule has 0 N–H and O–H groups in total. The van der Waals surface area contributed by atoms with Gasteiger partial charge in [0, 0.05) is 5.75 Å². The molecule has 1 aromatic carbocycles. The van der Waals surface area contributed by atoms with E-state index in [0.717, 1.165) is 5.47 Å². The van der Waals surface area contributed by atoms with Gasteiger partial charge in [0.15, 0.2) is 0 Å². The van der Waals surface area contributed by atoms with E-state index >= 15 is 0 Å². The van der Waals surface area contributed by atoms with Gasteiger partial charge >= 0.3 is 7.12 Å². The zero-order chi connectivity index (χ0) is 16.5. The molecule has 0 spiro atoms. The molecule has 1 fully saturated rings. The largest absolute Gasteiger partial charge is 0.491 e. The minimum Gasteiger partial charge on any atom is -0.400 e. The summed E-state index contributed by atoms with van der Waals surface area (Å²) in [4.78, 5) is 0. The predicted octanol–water partition coefficient (Wildman–Crippen LogP) is 4.75. The fraction of sp³-hybridized carbons (Fsp3) is 0.556. The quantitative estimate of drug-likeness (QED) is 0.638. The molecule has 1 aliphatic rings. The summed E-state index contributed by atoms with van der Waals surface area (Å²) in [5.41, 5.74) is 2.92. The molecule has 2 rings (SSSR count). The standard InChI is InChI=1S/C18H27BO2S/c1-13(2)15-9-7-8-14(10-15)11-16(12-22)19-20-17(3,4)18(5,6)21-19/h7-11,13,22H,12H2,1-6H3. The van der Waals surface area contributed by atoms with Crippen LogP contribution in [0.5, 0.6) is 0 Å². The molecule has 2 nitrogen and oxygen atoms in total. The highest BCUT2D eigenvalue weighted by atomic mass is 32.1. The molecule has 0 radical (unpaired) electrons. The number of benzene rings is 1. The van der Waals surface area contributed by atoms with Crippen LogP contribution in [0.2, 0.25) is 0 Å². The minimum atomic E-state index is -0.329. The normalized spacial score (nSPS) is 20.7. The molecule has 1 aromatic rings. The van der Waals surface area contributed by atoms with Crippen LogP contribution in [-0.4, -0.2) is 24.1 Å². The lowest BCUT2D eigenvalue weighted by Crippen LogP contribution is -2.41. The highest BCUT2D eigenvalue weighted by Gasteiger charge is 2.52. The second-order valence-corrected chi connectivity index (χ2v) is 7.61. The first-order chi connectivity index (χ1) is 10.2. The SMILES string of the molecule is CC(C)c1cccc(C=C(CS)B2OC(C)(C)C(C)(C)O2)c1. The Morgan fingerprint density at radius 3 is 2.27 bits per heavy atom. The highest BCUT2D eigenvalue weighted by Crippen LogP contribution is 2.39. The van der Waals surface area contributed by atoms with Crippen molar-refractivity contribution in [2.75, 3.05) is 5.75 Å². The Morgan fingerprint density at radius 2 is 1.77 bits per heavy atom. The molecule has 0 aliphatic carbocycles. The maximum absolute atomic E-state index is 6.13. The molecule has 22 heavy (non-hydrogen) atoms. The second kappa shape index (κ2) is 6.42. The molecular weight excluding hydrogens is 291 g/mol. The number of rotatable bonds is 4. The Morgan fingerprint density at radius 1 is 1.18 bits per heavy atom. The molecule has 1 aliphatic heterocycles. The van der Waals surface area contributed by atoms with Crippen molar-refractivity contribution in [1.82, 2.24) is 0 Å². The van der Waals surface area contributed by atoms with E-state index in [2.05, 4.69) is 84.5 Å². The summed E-state index contributed by atoms with van der Waals surface area (Å²) >= 11 is 4.47. The summed E-state index contributed by atoms with van der Waals surface area (Å²) in [6, 6.07) is 8.60. The third-order valence-corrected chi connectivity index (χ3v) is 5.03. The van der Waals surface area contributed by atoms with E-state index in [1.807, 2.05) is 0 Å². The van der Waals surface area contributed by atoms with Gasteiger partial charge in [0.25, 0.3) is 0 Å². The van der Waals surface area contributed by atoms with Crippen LogP contribution in [0.15, 0.2) is 29.7 Å². The Hall–Kier alpha value is -0.705. The molecule has 0 atom stereocenters. The summed E-state index contributed by atoms with van der Waals surface area (Å²) in [5, 5.41) is 0. The molecule has 0 saturated carbocycles. The van der Waals surface area contributed by atoms with Crippen molar-refractivity contribution in [3.63, 3.8) is 0 Å². The molecule has 1 heterocycles. The van der Waals surface area contributed by atoms with Crippen LogP contribution in [0.3, 0.4) is 0 Å². The monoisotopic (exact) mass is 318 g/mol. The first-order valence-corrected chi connectivity index (χ1v) is 8.56.